The van der Waals surface area contributed by atoms with Crippen LogP contribution < -0.4 is 42.1 Å². The number of aromatic nitrogens is 3. The van der Waals surface area contributed by atoms with E-state index < -0.39 is 122 Å². The number of nitrogens with zero attached hydrogens (tertiary/aromatic N) is 6. The highest BCUT2D eigenvalue weighted by molar-refractivity contribution is 7.86. The SMILES string of the molecule is CN1/C(=C/C=C/C=C/C2=[N+](CCCCCC(=O)NCc3cn(CCCNC(=O)[C@H](Cc4ccccc4)NC(=O)[C@H](Cc4ccccc4)NC(=O)CCC(=O)NCCCCCC(=O)N(CCCC[C@H](NC(=O)N[C@@H](CCC(=O)O)C(=O)O)C(=O)O)Cc4ccc(C(=O)O)cc4)nn3)c3ccc(S(=O)(=O)[O-])cc3C2(C)C)C(C)(C)c2cc(S(=O)(=O)O)ccc21. The summed E-state index contributed by atoms with van der Waals surface area (Å²) in [6.07, 6.45) is 14.1. The first-order valence-corrected chi connectivity index (χ1v) is 43.1. The molecule has 122 heavy (non-hydrogen) atoms. The number of carboxylic acid groups (broad SMARTS) is 4. The maximum Gasteiger partial charge on any atom is 0.335 e. The molecule has 12 N–H and O–H groups in total. The Kier molecular flexibility index (Phi) is 35.0. The summed E-state index contributed by atoms with van der Waals surface area (Å²) in [5.74, 6) is -7.96. The third kappa shape index (κ3) is 28.7. The summed E-state index contributed by atoms with van der Waals surface area (Å²) in [6.45, 7) is 9.43. The molecule has 0 unspecified atom stereocenters. The monoisotopic (exact) mass is 1720 g/mol. The molecule has 5 aromatic carbocycles. The number of carbonyl (C=O) groups is 11. The number of aryl methyl sites for hydroxylation is 1. The molecule has 8 amide bonds. The first-order valence-electron chi connectivity index (χ1n) is 40.3. The largest absolute Gasteiger partial charge is 0.744 e. The molecule has 0 bridgehead atoms. The van der Waals surface area contributed by atoms with E-state index in [4.69, 9.17) is 5.11 Å². The number of likely N-dealkylation sites (N-methyl/N-ethyl adjacent to an activating group) is 1. The zero-order valence-corrected chi connectivity index (χ0v) is 70.4. The number of aromatic carboxylic acids is 1. The molecule has 8 rings (SSSR count). The lowest BCUT2D eigenvalue weighted by Gasteiger charge is -2.24. The molecule has 3 heterocycles. The van der Waals surface area contributed by atoms with Gasteiger partial charge >= 0.3 is 29.9 Å². The fraction of sp³-hybridized carbons (Fsp3) is 0.419. The molecule has 0 fully saturated rings. The third-order valence-corrected chi connectivity index (χ3v) is 22.8. The molecule has 0 aliphatic carbocycles. The number of allylic oxidation sites excluding steroid dienone is 6. The number of rotatable bonds is 49. The van der Waals surface area contributed by atoms with Crippen LogP contribution >= 0.6 is 0 Å². The minimum atomic E-state index is -4.75. The fourth-order valence-corrected chi connectivity index (χ4v) is 15.5. The minimum Gasteiger partial charge on any atom is -0.744 e. The molecule has 6 aromatic rings. The van der Waals surface area contributed by atoms with E-state index in [2.05, 4.69) is 52.1 Å². The van der Waals surface area contributed by atoms with E-state index in [0.29, 0.717) is 80.4 Å². The van der Waals surface area contributed by atoms with E-state index in [1.807, 2.05) is 88.2 Å². The smallest absolute Gasteiger partial charge is 0.335 e. The second kappa shape index (κ2) is 44.8. The lowest BCUT2D eigenvalue weighted by Crippen LogP contribution is -2.55. The van der Waals surface area contributed by atoms with Crippen molar-refractivity contribution in [2.45, 2.75) is 208 Å². The Balaban J connectivity index is 0.764. The number of anilines is 1. The average Bonchev–Trinajstić information content (AvgIpc) is 1.60. The summed E-state index contributed by atoms with van der Waals surface area (Å²) in [5.41, 5.74) is 6.02. The Hall–Kier alpha value is -12.3. The molecule has 4 atom stereocenters. The van der Waals surface area contributed by atoms with Gasteiger partial charge in [0.2, 0.25) is 41.1 Å². The van der Waals surface area contributed by atoms with E-state index in [0.717, 1.165) is 33.9 Å². The first-order chi connectivity index (χ1) is 57.9. The van der Waals surface area contributed by atoms with Crippen molar-refractivity contribution in [2.24, 2.45) is 0 Å². The normalized spacial score (nSPS) is 14.7. The van der Waals surface area contributed by atoms with Gasteiger partial charge in [-0.25, -0.2) is 27.6 Å². The minimum absolute atomic E-state index is 0.0378. The van der Waals surface area contributed by atoms with Crippen molar-refractivity contribution in [1.82, 2.24) is 57.1 Å². The molecule has 0 saturated heterocycles. The second-order valence-electron chi connectivity index (χ2n) is 31.0. The molecule has 2 aliphatic rings. The van der Waals surface area contributed by atoms with Gasteiger partial charge < -0.3 is 72.0 Å². The topological polar surface area (TPSA) is 505 Å². The summed E-state index contributed by atoms with van der Waals surface area (Å²) < 4.78 is 73.9. The summed E-state index contributed by atoms with van der Waals surface area (Å²) in [5, 5.41) is 64.5. The first kappa shape index (κ1) is 95.2. The van der Waals surface area contributed by atoms with Gasteiger partial charge in [0.25, 0.3) is 10.1 Å². The van der Waals surface area contributed by atoms with Crippen LogP contribution in [0, 0.1) is 0 Å². The van der Waals surface area contributed by atoms with Gasteiger partial charge in [-0.05, 0) is 142 Å². The van der Waals surface area contributed by atoms with Gasteiger partial charge in [-0.3, -0.25) is 42.8 Å². The molecule has 1 aromatic heterocycles. The number of hydrogen-bond acceptors (Lipinski definition) is 19. The number of unbranched alkanes of at least 4 members (excludes halogenated alkanes) is 5. The van der Waals surface area contributed by atoms with Crippen molar-refractivity contribution < 1.29 is 104 Å². The lowest BCUT2D eigenvalue weighted by atomic mass is 9.81. The summed E-state index contributed by atoms with van der Waals surface area (Å²) in [6, 6.07) is 26.4. The Morgan fingerprint density at radius 1 is 0.566 bits per heavy atom. The summed E-state index contributed by atoms with van der Waals surface area (Å²) in [7, 11) is -7.29. The Morgan fingerprint density at radius 2 is 1.17 bits per heavy atom. The molecule has 36 heteroatoms. The van der Waals surface area contributed by atoms with E-state index in [1.165, 1.54) is 41.3 Å². The van der Waals surface area contributed by atoms with Gasteiger partial charge in [0.15, 0.2) is 5.71 Å². The van der Waals surface area contributed by atoms with Crippen LogP contribution in [0.1, 0.15) is 174 Å². The lowest BCUT2D eigenvalue weighted by molar-refractivity contribution is -0.438. The Morgan fingerprint density at radius 3 is 1.81 bits per heavy atom. The number of carboxylic acids is 4. The second-order valence-corrected chi connectivity index (χ2v) is 33.8. The number of carbonyl (C=O) groups excluding carboxylic acids is 7. The Labute approximate surface area is 708 Å². The number of urea groups is 1. The average molecular weight is 1720 g/mol. The predicted molar refractivity (Wildman–Crippen MR) is 448 cm³/mol. The molecule has 0 spiro atoms. The Bertz CT molecular complexity index is 5110. The molecule has 0 saturated carbocycles. The third-order valence-electron chi connectivity index (χ3n) is 21.2. The van der Waals surface area contributed by atoms with Gasteiger partial charge in [-0.15, -0.1) is 5.10 Å². The fourth-order valence-electron chi connectivity index (χ4n) is 14.5. The van der Waals surface area contributed by atoms with Gasteiger partial charge in [0, 0.05) is 126 Å². The highest BCUT2D eigenvalue weighted by Crippen LogP contribution is 2.48. The van der Waals surface area contributed by atoms with Crippen molar-refractivity contribution >= 4 is 103 Å². The summed E-state index contributed by atoms with van der Waals surface area (Å²) >= 11 is 0. The quantitative estimate of drug-likeness (QED) is 0.00761. The van der Waals surface area contributed by atoms with Crippen molar-refractivity contribution in [3.63, 3.8) is 0 Å². The van der Waals surface area contributed by atoms with Crippen LogP contribution in [0.3, 0.4) is 0 Å². The van der Waals surface area contributed by atoms with E-state index in [-0.39, 0.29) is 118 Å². The van der Waals surface area contributed by atoms with Crippen molar-refractivity contribution in [3.05, 3.63) is 203 Å². The molecule has 654 valence electrons. The number of hydrogen-bond donors (Lipinski definition) is 12. The van der Waals surface area contributed by atoms with Gasteiger partial charge in [0.1, 0.15) is 46.5 Å². The molecule has 0 radical (unpaired) electrons. The van der Waals surface area contributed by atoms with Crippen LogP contribution in [0.5, 0.6) is 0 Å². The van der Waals surface area contributed by atoms with Crippen LogP contribution in [-0.4, -0.2) is 199 Å². The highest BCUT2D eigenvalue weighted by Gasteiger charge is 2.45. The van der Waals surface area contributed by atoms with Crippen molar-refractivity contribution in [2.75, 3.05) is 38.1 Å². The molecular formula is C86H107N13O21S2. The number of fused-ring (bicyclic) bond motifs is 2. The van der Waals surface area contributed by atoms with E-state index in [1.54, 1.807) is 77.6 Å². The summed E-state index contributed by atoms with van der Waals surface area (Å²) in [4.78, 5) is 144. The van der Waals surface area contributed by atoms with Crippen molar-refractivity contribution in [1.29, 1.82) is 0 Å². The van der Waals surface area contributed by atoms with E-state index in [9.17, 15) is 94.0 Å². The predicted octanol–water partition coefficient (Wildman–Crippen LogP) is 7.49. The molecular weight excluding hydrogens is 1620 g/mol. The number of aliphatic carboxylic acids is 3. The zero-order valence-electron chi connectivity index (χ0n) is 68.8. The molecule has 2 aliphatic heterocycles. The van der Waals surface area contributed by atoms with Gasteiger partial charge in [-0.2, -0.15) is 13.0 Å². The molecule has 34 nitrogen and oxygen atoms in total. The van der Waals surface area contributed by atoms with Crippen LogP contribution in [-0.2, 0) is 107 Å². The van der Waals surface area contributed by atoms with Crippen LogP contribution in [0.2, 0.25) is 0 Å². The van der Waals surface area contributed by atoms with Gasteiger partial charge in [0.05, 0.1) is 33.5 Å². The zero-order chi connectivity index (χ0) is 88.9. The number of amides is 8. The number of nitrogens with one attached hydrogen (secondary N) is 7. The van der Waals surface area contributed by atoms with Crippen LogP contribution in [0.15, 0.2) is 173 Å². The van der Waals surface area contributed by atoms with Crippen LogP contribution in [0.25, 0.3) is 0 Å². The van der Waals surface area contributed by atoms with Crippen molar-refractivity contribution in [3.8, 4) is 0 Å². The van der Waals surface area contributed by atoms with Crippen LogP contribution in [0.4, 0.5) is 16.2 Å². The maximum absolute atomic E-state index is 14.3. The van der Waals surface area contributed by atoms with E-state index >= 15 is 0 Å². The van der Waals surface area contributed by atoms with Gasteiger partial charge in [-0.1, -0.05) is 117 Å². The standard InChI is InChI=1S/C86H107N13O21S2/c1-85(2)64-52-62(121(115,116)117)37-40-70(64)96(5)72(85)29-15-8-16-30-73-86(3,4)65-53-63(122(118,119)120)38-41-71(65)99(73)49-21-10-17-31-74(100)89-54-61-56-98(95-94-61)48-23-46-88-79(106)68(50-57-24-11-6-12-25-57)91-80(107)69(51-58-26-13-7-14-27-58)90-76(102)43-42-75(101)87-45-20-9-18-32-77(103)97(55-59-33-35-60(36-34-59)81(108)109)47-22-19-28-66(82(110)111)92-84(114)93-67(83(112)113)39-44-78(104)105/h6-8,11-16,24-27,29-30,33-38,40-41,52-53,56,66-69H,9-10,17-23,28,31-32,39,42-51,54-55H2,1-5H3,(H12-,87,88,89,90,91,92,93,100,101,102,104,105,106,107,108,109,110,111,112,113,114,115,116,117,118,119,120)/t66-,67-,68-,69-/m0/s1. The number of benzene rings is 5. The highest BCUT2D eigenvalue weighted by atomic mass is 32.2. The maximum atomic E-state index is 14.3.